The van der Waals surface area contributed by atoms with Gasteiger partial charge in [0, 0.05) is 11.8 Å². The summed E-state index contributed by atoms with van der Waals surface area (Å²) in [4.78, 5) is 11.8. The Bertz CT molecular complexity index is 597. The van der Waals surface area contributed by atoms with E-state index in [-0.39, 0.29) is 24.2 Å². The van der Waals surface area contributed by atoms with Crippen LogP contribution in [-0.4, -0.2) is 12.5 Å². The minimum atomic E-state index is -0.685. The van der Waals surface area contributed by atoms with E-state index in [1.54, 1.807) is 0 Å². The van der Waals surface area contributed by atoms with Crippen LogP contribution in [0.1, 0.15) is 18.5 Å². The second-order valence-electron chi connectivity index (χ2n) is 4.71. The van der Waals surface area contributed by atoms with Crippen molar-refractivity contribution in [3.8, 4) is 0 Å². The molecule has 5 heteroatoms. The molecule has 110 valence electrons. The van der Waals surface area contributed by atoms with E-state index in [9.17, 15) is 13.6 Å². The lowest BCUT2D eigenvalue weighted by Gasteiger charge is -2.15. The Balaban J connectivity index is 1.87. The number of rotatable bonds is 5. The first-order chi connectivity index (χ1) is 10.0. The molecule has 0 aromatic heterocycles. The van der Waals surface area contributed by atoms with E-state index < -0.39 is 11.6 Å². The highest BCUT2D eigenvalue weighted by Crippen LogP contribution is 2.13. The van der Waals surface area contributed by atoms with Crippen LogP contribution in [0.4, 0.5) is 14.5 Å². The molecular weight excluding hydrogens is 274 g/mol. The van der Waals surface area contributed by atoms with Crippen molar-refractivity contribution in [3.63, 3.8) is 0 Å². The molecule has 3 nitrogen and oxygen atoms in total. The minimum absolute atomic E-state index is 0.0555. The minimum Gasteiger partial charge on any atom is -0.376 e. The molecule has 1 unspecified atom stereocenters. The molecule has 0 spiro atoms. The van der Waals surface area contributed by atoms with E-state index in [1.165, 1.54) is 0 Å². The van der Waals surface area contributed by atoms with E-state index in [4.69, 9.17) is 0 Å². The average molecular weight is 290 g/mol. The molecular formula is C16H16F2N2O. The number of hydrogen-bond donors (Lipinski definition) is 2. The van der Waals surface area contributed by atoms with Crippen LogP contribution >= 0.6 is 0 Å². The second-order valence-corrected chi connectivity index (χ2v) is 4.71. The van der Waals surface area contributed by atoms with Gasteiger partial charge in [-0.2, -0.15) is 0 Å². The van der Waals surface area contributed by atoms with Crippen molar-refractivity contribution < 1.29 is 13.6 Å². The first-order valence-electron chi connectivity index (χ1n) is 6.59. The third-order valence-corrected chi connectivity index (χ3v) is 2.99. The Morgan fingerprint density at radius 3 is 2.33 bits per heavy atom. The van der Waals surface area contributed by atoms with Crippen LogP contribution in [0.5, 0.6) is 0 Å². The van der Waals surface area contributed by atoms with E-state index >= 15 is 0 Å². The summed E-state index contributed by atoms with van der Waals surface area (Å²) < 4.78 is 26.0. The summed E-state index contributed by atoms with van der Waals surface area (Å²) in [5, 5.41) is 5.50. The summed E-state index contributed by atoms with van der Waals surface area (Å²) in [5.74, 6) is -1.62. The average Bonchev–Trinajstić information content (AvgIpc) is 2.45. The molecule has 0 saturated carbocycles. The van der Waals surface area contributed by atoms with Gasteiger partial charge in [-0.05, 0) is 24.6 Å². The Morgan fingerprint density at radius 2 is 1.71 bits per heavy atom. The Labute approximate surface area is 122 Å². The molecule has 0 bridgehead atoms. The van der Waals surface area contributed by atoms with Gasteiger partial charge in [0.1, 0.15) is 11.6 Å². The van der Waals surface area contributed by atoms with Gasteiger partial charge in [0.05, 0.1) is 12.6 Å². The Hall–Kier alpha value is -2.43. The third-order valence-electron chi connectivity index (χ3n) is 2.99. The maximum Gasteiger partial charge on any atom is 0.239 e. The number of carbonyl (C=O) groups excluding carboxylic acids is 1. The predicted molar refractivity (Wildman–Crippen MR) is 77.8 cm³/mol. The van der Waals surface area contributed by atoms with E-state index in [1.807, 2.05) is 37.3 Å². The second kappa shape index (κ2) is 6.83. The van der Waals surface area contributed by atoms with Crippen LogP contribution in [0.3, 0.4) is 0 Å². The van der Waals surface area contributed by atoms with E-state index in [2.05, 4.69) is 10.6 Å². The summed E-state index contributed by atoms with van der Waals surface area (Å²) in [7, 11) is 0. The van der Waals surface area contributed by atoms with E-state index in [0.29, 0.717) is 0 Å². The molecule has 2 N–H and O–H groups in total. The molecule has 0 fully saturated rings. The summed E-state index contributed by atoms with van der Waals surface area (Å²) in [6.07, 6.45) is 0. The smallest absolute Gasteiger partial charge is 0.239 e. The summed E-state index contributed by atoms with van der Waals surface area (Å²) in [6, 6.07) is 12.4. The lowest BCUT2D eigenvalue weighted by molar-refractivity contribution is -0.120. The SMILES string of the molecule is CC(NC(=O)CNc1cc(F)cc(F)c1)c1ccccc1. The largest absolute Gasteiger partial charge is 0.376 e. The van der Waals surface area contributed by atoms with Gasteiger partial charge >= 0.3 is 0 Å². The van der Waals surface area contributed by atoms with Crippen molar-refractivity contribution in [2.75, 3.05) is 11.9 Å². The zero-order chi connectivity index (χ0) is 15.2. The van der Waals surface area contributed by atoms with Crippen LogP contribution in [-0.2, 0) is 4.79 Å². The molecule has 0 saturated heterocycles. The summed E-state index contributed by atoms with van der Waals surface area (Å²) >= 11 is 0. The summed E-state index contributed by atoms with van der Waals surface area (Å²) in [5.41, 5.74) is 1.22. The van der Waals surface area contributed by atoms with Crippen LogP contribution < -0.4 is 10.6 Å². The quantitative estimate of drug-likeness (QED) is 0.887. The van der Waals surface area contributed by atoms with Crippen molar-refractivity contribution in [1.29, 1.82) is 0 Å². The fraction of sp³-hybridized carbons (Fsp3) is 0.188. The van der Waals surface area contributed by atoms with Crippen molar-refractivity contribution >= 4 is 11.6 Å². The van der Waals surface area contributed by atoms with Gasteiger partial charge < -0.3 is 10.6 Å². The highest BCUT2D eigenvalue weighted by atomic mass is 19.1. The predicted octanol–water partition coefficient (Wildman–Crippen LogP) is 3.25. The highest BCUT2D eigenvalue weighted by molar-refractivity contribution is 5.81. The number of anilines is 1. The van der Waals surface area contributed by atoms with Gasteiger partial charge in [-0.3, -0.25) is 4.79 Å². The molecule has 0 aliphatic carbocycles. The van der Waals surface area contributed by atoms with Gasteiger partial charge in [-0.1, -0.05) is 30.3 Å². The highest BCUT2D eigenvalue weighted by Gasteiger charge is 2.09. The van der Waals surface area contributed by atoms with Crippen LogP contribution in [0, 0.1) is 11.6 Å². The standard InChI is InChI=1S/C16H16F2N2O/c1-11(12-5-3-2-4-6-12)20-16(21)10-19-15-8-13(17)7-14(18)9-15/h2-9,11,19H,10H2,1H3,(H,20,21). The normalized spacial score (nSPS) is 11.8. The molecule has 0 radical (unpaired) electrons. The van der Waals surface area contributed by atoms with Crippen LogP contribution in [0.25, 0.3) is 0 Å². The first-order valence-corrected chi connectivity index (χ1v) is 6.59. The van der Waals surface area contributed by atoms with Gasteiger partial charge in [0.2, 0.25) is 5.91 Å². The molecule has 1 amide bonds. The lowest BCUT2D eigenvalue weighted by atomic mass is 10.1. The monoisotopic (exact) mass is 290 g/mol. The number of halogens is 2. The number of carbonyl (C=O) groups is 1. The van der Waals surface area contributed by atoms with Gasteiger partial charge in [-0.15, -0.1) is 0 Å². The first kappa shape index (κ1) is 15.0. The molecule has 2 aromatic carbocycles. The topological polar surface area (TPSA) is 41.1 Å². The van der Waals surface area contributed by atoms with Gasteiger partial charge in [-0.25, -0.2) is 8.78 Å². The zero-order valence-corrected chi connectivity index (χ0v) is 11.6. The van der Waals surface area contributed by atoms with E-state index in [0.717, 1.165) is 23.8 Å². The fourth-order valence-electron chi connectivity index (χ4n) is 1.96. The van der Waals surface area contributed by atoms with Crippen molar-refractivity contribution in [3.05, 3.63) is 65.7 Å². The van der Waals surface area contributed by atoms with Gasteiger partial charge in [0.25, 0.3) is 0 Å². The molecule has 0 heterocycles. The Morgan fingerprint density at radius 1 is 1.10 bits per heavy atom. The molecule has 2 rings (SSSR count). The fourth-order valence-corrected chi connectivity index (χ4v) is 1.96. The van der Waals surface area contributed by atoms with Crippen molar-refractivity contribution in [2.24, 2.45) is 0 Å². The van der Waals surface area contributed by atoms with Crippen LogP contribution in [0.15, 0.2) is 48.5 Å². The molecule has 2 aromatic rings. The summed E-state index contributed by atoms with van der Waals surface area (Å²) in [6.45, 7) is 1.81. The number of nitrogens with one attached hydrogen (secondary N) is 2. The van der Waals surface area contributed by atoms with Gasteiger partial charge in [0.15, 0.2) is 0 Å². The number of benzene rings is 2. The van der Waals surface area contributed by atoms with Crippen LogP contribution in [0.2, 0.25) is 0 Å². The maximum atomic E-state index is 13.0. The molecule has 0 aliphatic heterocycles. The maximum absolute atomic E-state index is 13.0. The molecule has 21 heavy (non-hydrogen) atoms. The van der Waals surface area contributed by atoms with Crippen molar-refractivity contribution in [2.45, 2.75) is 13.0 Å². The zero-order valence-electron chi connectivity index (χ0n) is 11.6. The lowest BCUT2D eigenvalue weighted by Crippen LogP contribution is -2.32. The Kier molecular flexibility index (Phi) is 4.87. The third kappa shape index (κ3) is 4.56. The number of amides is 1. The molecule has 0 aliphatic rings. The number of hydrogen-bond acceptors (Lipinski definition) is 2. The molecule has 1 atom stereocenters. The van der Waals surface area contributed by atoms with Crippen molar-refractivity contribution in [1.82, 2.24) is 5.32 Å².